The normalized spacial score (nSPS) is 10.3. The molecule has 2 rings (SSSR count). The van der Waals surface area contributed by atoms with Crippen molar-refractivity contribution in [3.63, 3.8) is 0 Å². The molecular formula is C12H12Cl2N4O. The van der Waals surface area contributed by atoms with E-state index in [9.17, 15) is 0 Å². The summed E-state index contributed by atoms with van der Waals surface area (Å²) in [6, 6.07) is 5.74. The molecule has 0 aliphatic carbocycles. The van der Waals surface area contributed by atoms with Crippen molar-refractivity contribution < 1.29 is 4.74 Å². The molecule has 5 nitrogen and oxygen atoms in total. The van der Waals surface area contributed by atoms with Gasteiger partial charge in [-0.2, -0.15) is 15.0 Å². The molecule has 0 amide bonds. The van der Waals surface area contributed by atoms with E-state index in [1.54, 1.807) is 6.07 Å². The van der Waals surface area contributed by atoms with Gasteiger partial charge >= 0.3 is 6.01 Å². The summed E-state index contributed by atoms with van der Waals surface area (Å²) in [4.78, 5) is 11.9. The average molecular weight is 299 g/mol. The summed E-state index contributed by atoms with van der Waals surface area (Å²) in [5, 5.41) is 3.73. The van der Waals surface area contributed by atoms with E-state index < -0.39 is 0 Å². The van der Waals surface area contributed by atoms with Crippen LogP contribution in [0.5, 0.6) is 6.01 Å². The number of ether oxygens (including phenoxy) is 1. The van der Waals surface area contributed by atoms with Gasteiger partial charge in [0.2, 0.25) is 11.2 Å². The van der Waals surface area contributed by atoms with Gasteiger partial charge in [-0.3, -0.25) is 0 Å². The van der Waals surface area contributed by atoms with Crippen LogP contribution in [-0.2, 0) is 0 Å². The molecule has 1 aromatic carbocycles. The fourth-order valence-corrected chi connectivity index (χ4v) is 1.71. The molecule has 7 heteroatoms. The Labute approximate surface area is 121 Å². The number of nitrogens with one attached hydrogen (secondary N) is 1. The molecule has 0 saturated carbocycles. The van der Waals surface area contributed by atoms with Gasteiger partial charge in [-0.1, -0.05) is 17.7 Å². The predicted octanol–water partition coefficient (Wildman–Crippen LogP) is 3.63. The summed E-state index contributed by atoms with van der Waals surface area (Å²) in [7, 11) is 0. The SMILES string of the molecule is CCOc1nc(Cl)nc(Nc2ccc(C)c(Cl)c2)n1. The number of halogens is 2. The molecule has 1 heterocycles. The molecule has 0 aliphatic heterocycles. The van der Waals surface area contributed by atoms with Crippen molar-refractivity contribution in [2.45, 2.75) is 13.8 Å². The van der Waals surface area contributed by atoms with E-state index in [1.165, 1.54) is 0 Å². The van der Waals surface area contributed by atoms with Crippen LogP contribution in [0.1, 0.15) is 12.5 Å². The van der Waals surface area contributed by atoms with E-state index >= 15 is 0 Å². The van der Waals surface area contributed by atoms with Crippen molar-refractivity contribution in [1.29, 1.82) is 0 Å². The molecule has 1 aromatic heterocycles. The Hall–Kier alpha value is -1.59. The molecule has 0 aliphatic rings. The van der Waals surface area contributed by atoms with E-state index in [0.717, 1.165) is 11.3 Å². The van der Waals surface area contributed by atoms with Crippen LogP contribution in [0.15, 0.2) is 18.2 Å². The van der Waals surface area contributed by atoms with Gasteiger partial charge in [0.1, 0.15) is 0 Å². The predicted molar refractivity (Wildman–Crippen MR) is 75.5 cm³/mol. The van der Waals surface area contributed by atoms with Crippen molar-refractivity contribution in [2.75, 3.05) is 11.9 Å². The summed E-state index contributed by atoms with van der Waals surface area (Å²) in [5.41, 5.74) is 1.76. The van der Waals surface area contributed by atoms with Crippen LogP contribution in [0.4, 0.5) is 11.6 Å². The van der Waals surface area contributed by atoms with Crippen molar-refractivity contribution in [2.24, 2.45) is 0 Å². The van der Waals surface area contributed by atoms with Crippen LogP contribution >= 0.6 is 23.2 Å². The Bertz CT molecular complexity index is 592. The van der Waals surface area contributed by atoms with Crippen molar-refractivity contribution >= 4 is 34.8 Å². The highest BCUT2D eigenvalue weighted by Gasteiger charge is 2.06. The van der Waals surface area contributed by atoms with Gasteiger partial charge in [0.05, 0.1) is 6.61 Å². The van der Waals surface area contributed by atoms with Crippen LogP contribution in [-0.4, -0.2) is 21.6 Å². The lowest BCUT2D eigenvalue weighted by Gasteiger charge is -2.08. The smallest absolute Gasteiger partial charge is 0.322 e. The maximum Gasteiger partial charge on any atom is 0.322 e. The summed E-state index contributed by atoms with van der Waals surface area (Å²) < 4.78 is 5.20. The zero-order chi connectivity index (χ0) is 13.8. The lowest BCUT2D eigenvalue weighted by Crippen LogP contribution is -2.03. The highest BCUT2D eigenvalue weighted by atomic mass is 35.5. The molecule has 0 radical (unpaired) electrons. The first-order chi connectivity index (χ1) is 9.08. The first kappa shape index (κ1) is 13.8. The molecule has 0 bridgehead atoms. The molecule has 0 atom stereocenters. The zero-order valence-electron chi connectivity index (χ0n) is 10.4. The summed E-state index contributed by atoms with van der Waals surface area (Å²) in [5.74, 6) is 0.309. The third-order valence-corrected chi connectivity index (χ3v) is 2.87. The molecule has 0 fully saturated rings. The lowest BCUT2D eigenvalue weighted by atomic mass is 10.2. The highest BCUT2D eigenvalue weighted by Crippen LogP contribution is 2.22. The number of aromatic nitrogens is 3. The van der Waals surface area contributed by atoms with E-state index in [0.29, 0.717) is 17.6 Å². The maximum absolute atomic E-state index is 6.05. The number of aryl methyl sites for hydroxylation is 1. The molecular weight excluding hydrogens is 287 g/mol. The van der Waals surface area contributed by atoms with Crippen LogP contribution in [0, 0.1) is 6.92 Å². The van der Waals surface area contributed by atoms with Gasteiger partial charge in [0.25, 0.3) is 0 Å². The summed E-state index contributed by atoms with van der Waals surface area (Å²) in [6.45, 7) is 4.22. The topological polar surface area (TPSA) is 59.9 Å². The van der Waals surface area contributed by atoms with E-state index in [-0.39, 0.29) is 11.3 Å². The van der Waals surface area contributed by atoms with Gasteiger partial charge in [-0.05, 0) is 43.1 Å². The Kier molecular flexibility index (Phi) is 4.39. The molecule has 0 spiro atoms. The van der Waals surface area contributed by atoms with Crippen molar-refractivity contribution in [3.8, 4) is 6.01 Å². The second-order valence-corrected chi connectivity index (χ2v) is 4.48. The largest absolute Gasteiger partial charge is 0.464 e. The number of hydrogen-bond acceptors (Lipinski definition) is 5. The third-order valence-electron chi connectivity index (χ3n) is 2.29. The molecule has 100 valence electrons. The van der Waals surface area contributed by atoms with Crippen molar-refractivity contribution in [3.05, 3.63) is 34.1 Å². The number of anilines is 2. The molecule has 2 aromatic rings. The number of nitrogens with zero attached hydrogens (tertiary/aromatic N) is 3. The Morgan fingerprint density at radius 1 is 1.21 bits per heavy atom. The quantitative estimate of drug-likeness (QED) is 0.934. The zero-order valence-corrected chi connectivity index (χ0v) is 12.0. The lowest BCUT2D eigenvalue weighted by molar-refractivity contribution is 0.312. The van der Waals surface area contributed by atoms with Gasteiger partial charge < -0.3 is 10.1 Å². The highest BCUT2D eigenvalue weighted by molar-refractivity contribution is 6.31. The van der Waals surface area contributed by atoms with Crippen LogP contribution in [0.3, 0.4) is 0 Å². The van der Waals surface area contributed by atoms with Gasteiger partial charge in [0, 0.05) is 10.7 Å². The molecule has 0 unspecified atom stereocenters. The minimum atomic E-state index is 0.0687. The van der Waals surface area contributed by atoms with Crippen molar-refractivity contribution in [1.82, 2.24) is 15.0 Å². The van der Waals surface area contributed by atoms with Crippen LogP contribution in [0.2, 0.25) is 10.3 Å². The minimum absolute atomic E-state index is 0.0687. The van der Waals surface area contributed by atoms with Gasteiger partial charge in [0.15, 0.2) is 0 Å². The van der Waals surface area contributed by atoms with E-state index in [4.69, 9.17) is 27.9 Å². The van der Waals surface area contributed by atoms with Crippen LogP contribution in [0.25, 0.3) is 0 Å². The Morgan fingerprint density at radius 3 is 2.68 bits per heavy atom. The number of rotatable bonds is 4. The summed E-state index contributed by atoms with van der Waals surface area (Å²) >= 11 is 11.8. The Balaban J connectivity index is 2.24. The standard InChI is InChI=1S/C12H12Cl2N4O/c1-3-19-12-17-10(14)16-11(18-12)15-8-5-4-7(2)9(13)6-8/h4-6H,3H2,1-2H3,(H,15,16,17,18). The Morgan fingerprint density at radius 2 is 2.00 bits per heavy atom. The monoisotopic (exact) mass is 298 g/mol. The van der Waals surface area contributed by atoms with Gasteiger partial charge in [-0.25, -0.2) is 0 Å². The third kappa shape index (κ3) is 3.68. The fraction of sp³-hybridized carbons (Fsp3) is 0.250. The average Bonchev–Trinajstić information content (AvgIpc) is 2.33. The molecule has 0 saturated heterocycles. The first-order valence-corrected chi connectivity index (χ1v) is 6.41. The summed E-state index contributed by atoms with van der Waals surface area (Å²) in [6.07, 6.45) is 0. The van der Waals surface area contributed by atoms with Gasteiger partial charge in [-0.15, -0.1) is 0 Å². The number of benzene rings is 1. The second kappa shape index (κ2) is 6.04. The maximum atomic E-state index is 6.05. The number of hydrogen-bond donors (Lipinski definition) is 1. The molecule has 1 N–H and O–H groups in total. The van der Waals surface area contributed by atoms with Crippen LogP contribution < -0.4 is 10.1 Å². The minimum Gasteiger partial charge on any atom is -0.464 e. The first-order valence-electron chi connectivity index (χ1n) is 5.66. The second-order valence-electron chi connectivity index (χ2n) is 3.73. The fourth-order valence-electron chi connectivity index (χ4n) is 1.38. The molecule has 19 heavy (non-hydrogen) atoms. The van der Waals surface area contributed by atoms with E-state index in [1.807, 2.05) is 26.0 Å². The van der Waals surface area contributed by atoms with E-state index in [2.05, 4.69) is 20.3 Å².